The molecule has 2 aromatic carbocycles. The van der Waals surface area contributed by atoms with E-state index in [4.69, 9.17) is 25.8 Å². The smallest absolute Gasteiger partial charge is 0.407 e. The molecule has 1 aliphatic heterocycles. The first-order chi connectivity index (χ1) is 15.3. The Morgan fingerprint density at radius 3 is 2.47 bits per heavy atom. The van der Waals surface area contributed by atoms with E-state index in [2.05, 4.69) is 10.2 Å². The second-order valence-electron chi connectivity index (χ2n) is 9.07. The first-order valence-corrected chi connectivity index (χ1v) is 11.4. The van der Waals surface area contributed by atoms with Crippen LogP contribution in [0.3, 0.4) is 0 Å². The van der Waals surface area contributed by atoms with Crippen molar-refractivity contribution in [3.63, 3.8) is 0 Å². The van der Waals surface area contributed by atoms with Crippen molar-refractivity contribution in [1.29, 1.82) is 0 Å². The molecule has 3 rings (SSSR count). The van der Waals surface area contributed by atoms with Crippen LogP contribution in [0.5, 0.6) is 5.75 Å². The van der Waals surface area contributed by atoms with E-state index in [0.29, 0.717) is 11.6 Å². The summed E-state index contributed by atoms with van der Waals surface area (Å²) in [6, 6.07) is 16.9. The molecular formula is C25H33ClN2O4. The Morgan fingerprint density at radius 2 is 1.81 bits per heavy atom. The zero-order valence-corrected chi connectivity index (χ0v) is 19.8. The summed E-state index contributed by atoms with van der Waals surface area (Å²) in [5.41, 5.74) is 0.680. The highest BCUT2D eigenvalue weighted by atomic mass is 35.5. The topological polar surface area (TPSA) is 60.0 Å². The fourth-order valence-electron chi connectivity index (χ4n) is 3.30. The van der Waals surface area contributed by atoms with E-state index in [1.54, 1.807) is 0 Å². The van der Waals surface area contributed by atoms with Crippen LogP contribution in [0.25, 0.3) is 0 Å². The number of carbonyl (C=O) groups excluding carboxylic acids is 1. The van der Waals surface area contributed by atoms with Crippen molar-refractivity contribution in [2.45, 2.75) is 51.5 Å². The van der Waals surface area contributed by atoms with Crippen LogP contribution in [-0.2, 0) is 16.1 Å². The Morgan fingerprint density at radius 1 is 1.12 bits per heavy atom. The Bertz CT molecular complexity index is 833. The summed E-state index contributed by atoms with van der Waals surface area (Å²) in [5, 5.41) is 3.66. The molecule has 174 valence electrons. The van der Waals surface area contributed by atoms with Crippen LogP contribution in [-0.4, -0.2) is 55.0 Å². The number of benzene rings is 2. The summed E-state index contributed by atoms with van der Waals surface area (Å²) in [4.78, 5) is 14.6. The van der Waals surface area contributed by atoms with Crippen LogP contribution < -0.4 is 10.1 Å². The lowest BCUT2D eigenvalue weighted by Crippen LogP contribution is -2.55. The highest BCUT2D eigenvalue weighted by Gasteiger charge is 2.29. The maximum absolute atomic E-state index is 12.3. The number of likely N-dealkylation sites (tertiary alicyclic amines) is 1. The van der Waals surface area contributed by atoms with Crippen molar-refractivity contribution >= 4 is 17.7 Å². The van der Waals surface area contributed by atoms with E-state index < -0.39 is 6.09 Å². The number of carbonyl (C=O) groups is 1. The lowest BCUT2D eigenvalue weighted by atomic mass is 10.1. The Hall–Kier alpha value is -2.28. The predicted molar refractivity (Wildman–Crippen MR) is 126 cm³/mol. The molecule has 1 amide bonds. The number of nitrogens with zero attached hydrogens (tertiary/aromatic N) is 1. The van der Waals surface area contributed by atoms with Crippen LogP contribution in [0.15, 0.2) is 54.6 Å². The van der Waals surface area contributed by atoms with E-state index >= 15 is 0 Å². The molecule has 1 N–H and O–H groups in total. The van der Waals surface area contributed by atoms with Crippen LogP contribution in [0.1, 0.15) is 32.8 Å². The Kier molecular flexibility index (Phi) is 8.79. The van der Waals surface area contributed by atoms with Gasteiger partial charge in [0.1, 0.15) is 18.5 Å². The zero-order valence-electron chi connectivity index (χ0n) is 19.1. The number of ether oxygens (including phenoxy) is 3. The van der Waals surface area contributed by atoms with E-state index in [9.17, 15) is 4.79 Å². The van der Waals surface area contributed by atoms with Gasteiger partial charge < -0.3 is 19.5 Å². The van der Waals surface area contributed by atoms with Gasteiger partial charge in [0.25, 0.3) is 0 Å². The average molecular weight is 461 g/mol. The minimum Gasteiger partial charge on any atom is -0.488 e. The van der Waals surface area contributed by atoms with Crippen molar-refractivity contribution in [3.8, 4) is 5.75 Å². The van der Waals surface area contributed by atoms with Gasteiger partial charge in [0.05, 0.1) is 18.2 Å². The van der Waals surface area contributed by atoms with Gasteiger partial charge in [0.15, 0.2) is 0 Å². The molecule has 1 atom stereocenters. The van der Waals surface area contributed by atoms with Gasteiger partial charge in [0.2, 0.25) is 0 Å². The Balaban J connectivity index is 1.41. The number of rotatable bonds is 10. The maximum Gasteiger partial charge on any atom is 0.407 e. The van der Waals surface area contributed by atoms with Gasteiger partial charge in [-0.05, 0) is 57.0 Å². The van der Waals surface area contributed by atoms with Crippen molar-refractivity contribution in [1.82, 2.24) is 10.2 Å². The minimum absolute atomic E-state index is 0.131. The third-order valence-corrected chi connectivity index (χ3v) is 5.34. The van der Waals surface area contributed by atoms with E-state index in [1.165, 1.54) is 0 Å². The number of nitrogens with one attached hydrogen (secondary N) is 1. The van der Waals surface area contributed by atoms with Crippen molar-refractivity contribution < 1.29 is 19.0 Å². The molecule has 6 nitrogen and oxygen atoms in total. The standard InChI is InChI=1S/C25H33ClN2O4/c1-25(2,3)31-18-21(27-24(29)30-17-19-7-5-4-6-8-19)13-14-28-15-23(16-28)32-22-11-9-20(26)10-12-22/h4-12,21,23H,13-18H2,1-3H3,(H,27,29). The number of hydrogen-bond donors (Lipinski definition) is 1. The largest absolute Gasteiger partial charge is 0.488 e. The third-order valence-electron chi connectivity index (χ3n) is 5.09. The molecule has 32 heavy (non-hydrogen) atoms. The zero-order chi connectivity index (χ0) is 23.0. The second-order valence-corrected chi connectivity index (χ2v) is 9.50. The first kappa shape index (κ1) is 24.4. The summed E-state index contributed by atoms with van der Waals surface area (Å²) >= 11 is 5.92. The van der Waals surface area contributed by atoms with Gasteiger partial charge in [0, 0.05) is 24.7 Å². The molecule has 0 radical (unpaired) electrons. The van der Waals surface area contributed by atoms with Gasteiger partial charge >= 0.3 is 6.09 Å². The molecule has 7 heteroatoms. The molecule has 1 heterocycles. The van der Waals surface area contributed by atoms with Crippen LogP contribution >= 0.6 is 11.6 Å². The highest BCUT2D eigenvalue weighted by molar-refractivity contribution is 6.30. The molecule has 0 aliphatic carbocycles. The summed E-state index contributed by atoms with van der Waals surface area (Å²) < 4.78 is 17.3. The van der Waals surface area contributed by atoms with Gasteiger partial charge in [-0.1, -0.05) is 41.9 Å². The Labute approximate surface area is 195 Å². The SMILES string of the molecule is CC(C)(C)OCC(CCN1CC(Oc2ccc(Cl)cc2)C1)NC(=O)OCc1ccccc1. The molecule has 1 aliphatic rings. The van der Waals surface area contributed by atoms with E-state index in [-0.39, 0.29) is 24.4 Å². The molecule has 0 bridgehead atoms. The fraction of sp³-hybridized carbons (Fsp3) is 0.480. The van der Waals surface area contributed by atoms with Crippen LogP contribution in [0, 0.1) is 0 Å². The number of halogens is 1. The number of hydrogen-bond acceptors (Lipinski definition) is 5. The van der Waals surface area contributed by atoms with Crippen molar-refractivity contribution in [3.05, 3.63) is 65.2 Å². The third kappa shape index (κ3) is 8.69. The maximum atomic E-state index is 12.3. The molecule has 1 fully saturated rings. The molecule has 0 saturated carbocycles. The number of alkyl carbamates (subject to hydrolysis) is 1. The van der Waals surface area contributed by atoms with Gasteiger partial charge in [-0.2, -0.15) is 0 Å². The van der Waals surface area contributed by atoms with Crippen molar-refractivity contribution in [2.75, 3.05) is 26.2 Å². The molecule has 1 saturated heterocycles. The molecule has 1 unspecified atom stereocenters. The summed E-state index contributed by atoms with van der Waals surface area (Å²) in [5.74, 6) is 0.832. The number of amides is 1. The minimum atomic E-state index is -0.427. The monoisotopic (exact) mass is 460 g/mol. The van der Waals surface area contributed by atoms with Gasteiger partial charge in [-0.25, -0.2) is 4.79 Å². The molecule has 0 spiro atoms. The quantitative estimate of drug-likeness (QED) is 0.546. The van der Waals surface area contributed by atoms with Gasteiger partial charge in [-0.3, -0.25) is 4.90 Å². The highest BCUT2D eigenvalue weighted by Crippen LogP contribution is 2.21. The second kappa shape index (κ2) is 11.5. The van der Waals surface area contributed by atoms with E-state index in [0.717, 1.165) is 37.4 Å². The molecule has 2 aromatic rings. The summed E-state index contributed by atoms with van der Waals surface area (Å²) in [7, 11) is 0. The van der Waals surface area contributed by atoms with Crippen LogP contribution in [0.2, 0.25) is 5.02 Å². The fourth-order valence-corrected chi connectivity index (χ4v) is 3.43. The normalized spacial score (nSPS) is 15.6. The van der Waals surface area contributed by atoms with E-state index in [1.807, 2.05) is 75.4 Å². The lowest BCUT2D eigenvalue weighted by molar-refractivity contribution is -0.0213. The molecular weight excluding hydrogens is 428 g/mol. The first-order valence-electron chi connectivity index (χ1n) is 11.0. The average Bonchev–Trinajstić information content (AvgIpc) is 2.73. The van der Waals surface area contributed by atoms with Gasteiger partial charge in [-0.15, -0.1) is 0 Å². The molecule has 0 aromatic heterocycles. The summed E-state index contributed by atoms with van der Waals surface area (Å²) in [6.45, 7) is 9.25. The summed E-state index contributed by atoms with van der Waals surface area (Å²) in [6.07, 6.45) is 0.512. The lowest BCUT2D eigenvalue weighted by Gasteiger charge is -2.39. The van der Waals surface area contributed by atoms with Crippen molar-refractivity contribution in [2.24, 2.45) is 0 Å². The predicted octanol–water partition coefficient (Wildman–Crippen LogP) is 4.90. The van der Waals surface area contributed by atoms with Crippen LogP contribution in [0.4, 0.5) is 4.79 Å².